The molecule has 1 aromatic heterocycles. The maximum Gasteiger partial charge on any atom is 0.227 e. The highest BCUT2D eigenvalue weighted by atomic mass is 35.5. The maximum absolute atomic E-state index is 12.2. The highest BCUT2D eigenvalue weighted by Gasteiger charge is 2.12. The second-order valence-corrected chi connectivity index (χ2v) is 6.57. The summed E-state index contributed by atoms with van der Waals surface area (Å²) in [5.74, 6) is 1.09. The number of hydrogen-bond donors (Lipinski definition) is 2. The van der Waals surface area contributed by atoms with Gasteiger partial charge in [-0.3, -0.25) is 9.59 Å². The van der Waals surface area contributed by atoms with Crippen LogP contribution in [-0.4, -0.2) is 29.1 Å². The van der Waals surface area contributed by atoms with Gasteiger partial charge in [0.25, 0.3) is 0 Å². The van der Waals surface area contributed by atoms with E-state index < -0.39 is 0 Å². The quantitative estimate of drug-likeness (QED) is 0.606. The molecule has 0 spiro atoms. The molecule has 3 aromatic rings. The van der Waals surface area contributed by atoms with Gasteiger partial charge in [-0.2, -0.15) is 4.98 Å². The van der Waals surface area contributed by atoms with E-state index in [9.17, 15) is 9.59 Å². The Bertz CT molecular complexity index is 1020. The molecule has 0 aliphatic carbocycles. The summed E-state index contributed by atoms with van der Waals surface area (Å²) in [7, 11) is 1.59. The van der Waals surface area contributed by atoms with Crippen molar-refractivity contribution in [2.75, 3.05) is 17.7 Å². The molecule has 2 aromatic carbocycles. The molecule has 0 fully saturated rings. The van der Waals surface area contributed by atoms with Gasteiger partial charge in [0.15, 0.2) is 0 Å². The molecule has 9 heteroatoms. The minimum Gasteiger partial charge on any atom is -0.497 e. The molecule has 0 saturated carbocycles. The molecule has 0 saturated heterocycles. The molecule has 0 unspecified atom stereocenters. The summed E-state index contributed by atoms with van der Waals surface area (Å²) in [4.78, 5) is 27.6. The average Bonchev–Trinajstić information content (AvgIpc) is 3.17. The zero-order valence-corrected chi connectivity index (χ0v) is 16.6. The van der Waals surface area contributed by atoms with E-state index in [2.05, 4.69) is 20.8 Å². The van der Waals surface area contributed by atoms with Crippen LogP contribution in [-0.2, 0) is 16.0 Å². The number of carbonyl (C=O) groups is 2. The molecule has 0 aliphatic heterocycles. The summed E-state index contributed by atoms with van der Waals surface area (Å²) < 4.78 is 10.3. The Morgan fingerprint density at radius 2 is 1.90 bits per heavy atom. The zero-order valence-electron chi connectivity index (χ0n) is 15.9. The molecule has 0 radical (unpaired) electrons. The van der Waals surface area contributed by atoms with Crippen molar-refractivity contribution in [1.82, 2.24) is 10.1 Å². The Balaban J connectivity index is 1.55. The predicted octanol–water partition coefficient (Wildman–Crippen LogP) is 3.93. The lowest BCUT2D eigenvalue weighted by Crippen LogP contribution is -2.13. The second kappa shape index (κ2) is 9.20. The van der Waals surface area contributed by atoms with Gasteiger partial charge in [-0.05, 0) is 42.5 Å². The number of ether oxygens (including phenoxy) is 1. The third kappa shape index (κ3) is 5.55. The molecule has 0 aliphatic rings. The first-order valence-electron chi connectivity index (χ1n) is 8.78. The van der Waals surface area contributed by atoms with Crippen molar-refractivity contribution in [3.05, 3.63) is 53.4 Å². The Morgan fingerprint density at radius 3 is 2.55 bits per heavy atom. The monoisotopic (exact) mass is 414 g/mol. The van der Waals surface area contributed by atoms with Gasteiger partial charge in [0.1, 0.15) is 5.75 Å². The highest BCUT2D eigenvalue weighted by Crippen LogP contribution is 2.26. The molecule has 2 N–H and O–H groups in total. The fourth-order valence-corrected chi connectivity index (χ4v) is 2.77. The van der Waals surface area contributed by atoms with Crippen LogP contribution in [0.1, 0.15) is 19.2 Å². The van der Waals surface area contributed by atoms with E-state index in [1.807, 2.05) is 12.1 Å². The lowest BCUT2D eigenvalue weighted by molar-refractivity contribution is -0.116. The van der Waals surface area contributed by atoms with Crippen LogP contribution in [0.4, 0.5) is 11.4 Å². The average molecular weight is 415 g/mol. The lowest BCUT2D eigenvalue weighted by Gasteiger charge is -2.09. The molecular formula is C20H19ClN4O4. The largest absolute Gasteiger partial charge is 0.497 e. The number of aromatic nitrogens is 2. The minimum absolute atomic E-state index is 0.147. The van der Waals surface area contributed by atoms with Gasteiger partial charge < -0.3 is 19.9 Å². The van der Waals surface area contributed by atoms with Crippen LogP contribution in [0, 0.1) is 0 Å². The van der Waals surface area contributed by atoms with E-state index in [1.54, 1.807) is 37.4 Å². The number of methoxy groups -OCH3 is 1. The van der Waals surface area contributed by atoms with Crippen LogP contribution in [0.3, 0.4) is 0 Å². The number of hydrogen-bond acceptors (Lipinski definition) is 6. The van der Waals surface area contributed by atoms with Gasteiger partial charge in [0.05, 0.1) is 17.8 Å². The number of carbonyl (C=O) groups excluding carboxylic acids is 2. The summed E-state index contributed by atoms with van der Waals surface area (Å²) in [5, 5.41) is 9.61. The van der Waals surface area contributed by atoms with Gasteiger partial charge in [-0.25, -0.2) is 0 Å². The summed E-state index contributed by atoms with van der Waals surface area (Å²) in [6.07, 6.45) is 0.435. The number of nitrogens with zero attached hydrogens (tertiary/aromatic N) is 2. The SMILES string of the molecule is COc1ccc(-c2noc(CCC(=O)Nc3ccc(NC(C)=O)cc3Cl)n2)cc1. The van der Waals surface area contributed by atoms with E-state index >= 15 is 0 Å². The van der Waals surface area contributed by atoms with Crippen LogP contribution in [0.25, 0.3) is 11.4 Å². The van der Waals surface area contributed by atoms with Gasteiger partial charge in [0.2, 0.25) is 23.5 Å². The standard InChI is InChI=1S/C20H19ClN4O4/c1-12(26)22-14-5-8-17(16(21)11-14)23-18(27)9-10-19-24-20(25-29-19)13-3-6-15(28-2)7-4-13/h3-8,11H,9-10H2,1-2H3,(H,22,26)(H,23,27). The fraction of sp³-hybridized carbons (Fsp3) is 0.200. The third-order valence-electron chi connectivity index (χ3n) is 3.95. The van der Waals surface area contributed by atoms with E-state index in [0.717, 1.165) is 11.3 Å². The smallest absolute Gasteiger partial charge is 0.227 e. The van der Waals surface area contributed by atoms with Crippen LogP contribution in [0.5, 0.6) is 5.75 Å². The van der Waals surface area contributed by atoms with E-state index in [-0.39, 0.29) is 24.7 Å². The van der Waals surface area contributed by atoms with Crippen LogP contribution >= 0.6 is 11.6 Å². The van der Waals surface area contributed by atoms with E-state index in [1.165, 1.54) is 6.92 Å². The first-order chi connectivity index (χ1) is 13.9. The topological polar surface area (TPSA) is 106 Å². The molecule has 0 atom stereocenters. The molecule has 150 valence electrons. The summed E-state index contributed by atoms with van der Waals surface area (Å²) >= 11 is 6.15. The van der Waals surface area contributed by atoms with Crippen LogP contribution < -0.4 is 15.4 Å². The lowest BCUT2D eigenvalue weighted by atomic mass is 10.2. The Morgan fingerprint density at radius 1 is 1.14 bits per heavy atom. The summed E-state index contributed by atoms with van der Waals surface area (Å²) in [6, 6.07) is 12.1. The molecule has 2 amide bonds. The van der Waals surface area contributed by atoms with Crippen molar-refractivity contribution >= 4 is 34.8 Å². The molecule has 8 nitrogen and oxygen atoms in total. The first kappa shape index (κ1) is 20.3. The van der Waals surface area contributed by atoms with Gasteiger partial charge in [0, 0.05) is 31.0 Å². The maximum atomic E-state index is 12.2. The molecule has 0 bridgehead atoms. The Kier molecular flexibility index (Phi) is 6.46. The molecular weight excluding hydrogens is 396 g/mol. The van der Waals surface area contributed by atoms with Crippen molar-refractivity contribution in [1.29, 1.82) is 0 Å². The van der Waals surface area contributed by atoms with Gasteiger partial charge in [-0.15, -0.1) is 0 Å². The number of anilines is 2. The van der Waals surface area contributed by atoms with Crippen LogP contribution in [0.15, 0.2) is 47.0 Å². The normalized spacial score (nSPS) is 10.4. The second-order valence-electron chi connectivity index (χ2n) is 6.16. The van der Waals surface area contributed by atoms with Gasteiger partial charge >= 0.3 is 0 Å². The van der Waals surface area contributed by atoms with Crippen molar-refractivity contribution in [3.63, 3.8) is 0 Å². The number of benzene rings is 2. The van der Waals surface area contributed by atoms with E-state index in [4.69, 9.17) is 20.9 Å². The Hall–Kier alpha value is -3.39. The van der Waals surface area contributed by atoms with Crippen molar-refractivity contribution in [3.8, 4) is 17.1 Å². The number of halogens is 1. The fourth-order valence-electron chi connectivity index (χ4n) is 2.54. The molecule has 29 heavy (non-hydrogen) atoms. The summed E-state index contributed by atoms with van der Waals surface area (Å²) in [6.45, 7) is 1.40. The van der Waals surface area contributed by atoms with Crippen LogP contribution in [0.2, 0.25) is 5.02 Å². The minimum atomic E-state index is -0.247. The number of rotatable bonds is 7. The van der Waals surface area contributed by atoms with E-state index in [0.29, 0.717) is 28.1 Å². The summed E-state index contributed by atoms with van der Waals surface area (Å²) in [5.41, 5.74) is 1.80. The van der Waals surface area contributed by atoms with Crippen molar-refractivity contribution < 1.29 is 18.8 Å². The number of nitrogens with one attached hydrogen (secondary N) is 2. The third-order valence-corrected chi connectivity index (χ3v) is 4.26. The van der Waals surface area contributed by atoms with Crippen molar-refractivity contribution in [2.45, 2.75) is 19.8 Å². The first-order valence-corrected chi connectivity index (χ1v) is 9.16. The van der Waals surface area contributed by atoms with Gasteiger partial charge in [-0.1, -0.05) is 16.8 Å². The molecule has 3 rings (SSSR count). The highest BCUT2D eigenvalue weighted by molar-refractivity contribution is 6.34. The predicted molar refractivity (Wildman–Crippen MR) is 109 cm³/mol. The number of aryl methyl sites for hydroxylation is 1. The Labute approximate surface area is 172 Å². The zero-order chi connectivity index (χ0) is 20.8. The number of amides is 2. The van der Waals surface area contributed by atoms with Crippen molar-refractivity contribution in [2.24, 2.45) is 0 Å². The molecule has 1 heterocycles.